The quantitative estimate of drug-likeness (QED) is 0.934. The van der Waals surface area contributed by atoms with Crippen LogP contribution in [0.25, 0.3) is 0 Å². The minimum Gasteiger partial charge on any atom is -0.377 e. The zero-order chi connectivity index (χ0) is 14.7. The van der Waals surface area contributed by atoms with Gasteiger partial charge in [-0.15, -0.1) is 0 Å². The molecule has 0 aliphatic rings. The highest BCUT2D eigenvalue weighted by molar-refractivity contribution is 6.07. The molecule has 0 bridgehead atoms. The van der Waals surface area contributed by atoms with Gasteiger partial charge in [0.2, 0.25) is 0 Å². The number of aromatic nitrogens is 1. The van der Waals surface area contributed by atoms with Crippen molar-refractivity contribution < 1.29 is 18.6 Å². The van der Waals surface area contributed by atoms with Gasteiger partial charge in [0, 0.05) is 26.2 Å². The number of carbonyl (C=O) groups excluding carboxylic acids is 1. The molecule has 0 aliphatic carbocycles. The summed E-state index contributed by atoms with van der Waals surface area (Å²) in [5.41, 5.74) is 0.981. The second-order valence-electron chi connectivity index (χ2n) is 4.42. The third-order valence-electron chi connectivity index (χ3n) is 2.75. The smallest absolute Gasteiger partial charge is 0.263 e. The maximum Gasteiger partial charge on any atom is 0.263 e. The summed E-state index contributed by atoms with van der Waals surface area (Å²) >= 11 is 0. The maximum atomic E-state index is 13.5. The van der Waals surface area contributed by atoms with Crippen LogP contribution in [0.5, 0.6) is 0 Å². The second kappa shape index (κ2) is 5.64. The lowest BCUT2D eigenvalue weighted by molar-refractivity contribution is -0.378. The van der Waals surface area contributed by atoms with Gasteiger partial charge in [0.1, 0.15) is 17.2 Å². The minimum absolute atomic E-state index is 0.0649. The molecule has 1 aromatic carbocycles. The van der Waals surface area contributed by atoms with Crippen molar-refractivity contribution in [1.82, 2.24) is 0 Å². The fourth-order valence-electron chi connectivity index (χ4n) is 1.77. The first-order valence-corrected chi connectivity index (χ1v) is 5.93. The molecule has 0 atom stereocenters. The predicted molar refractivity (Wildman–Crippen MR) is 71.6 cm³/mol. The highest BCUT2D eigenvalue weighted by Gasteiger charge is 2.17. The molecule has 4 nitrogen and oxygen atoms in total. The van der Waals surface area contributed by atoms with Crippen LogP contribution < -0.4 is 15.2 Å². The first kappa shape index (κ1) is 13.9. The second-order valence-corrected chi connectivity index (χ2v) is 4.42. The molecule has 20 heavy (non-hydrogen) atoms. The van der Waals surface area contributed by atoms with Crippen molar-refractivity contribution in [3.05, 3.63) is 53.9 Å². The lowest BCUT2D eigenvalue weighted by Crippen LogP contribution is -2.21. The Bertz CT molecular complexity index is 644. The van der Waals surface area contributed by atoms with Crippen LogP contribution in [0.1, 0.15) is 10.4 Å². The van der Waals surface area contributed by atoms with Gasteiger partial charge in [0.15, 0.2) is 12.4 Å². The average molecular weight is 278 g/mol. The van der Waals surface area contributed by atoms with E-state index >= 15 is 0 Å². The van der Waals surface area contributed by atoms with E-state index in [-0.39, 0.29) is 5.69 Å². The van der Waals surface area contributed by atoms with E-state index in [1.807, 2.05) is 0 Å². The van der Waals surface area contributed by atoms with Crippen LogP contribution in [-0.4, -0.2) is 20.0 Å². The fourth-order valence-corrected chi connectivity index (χ4v) is 1.77. The molecule has 2 rings (SSSR count). The molecule has 0 radical (unpaired) electrons. The Kier molecular flexibility index (Phi) is 3.93. The van der Waals surface area contributed by atoms with E-state index < -0.39 is 17.5 Å². The third-order valence-corrected chi connectivity index (χ3v) is 2.75. The van der Waals surface area contributed by atoms with Crippen LogP contribution in [0.15, 0.2) is 36.7 Å². The summed E-state index contributed by atoms with van der Waals surface area (Å²) in [6, 6.07) is 4.72. The van der Waals surface area contributed by atoms with E-state index in [1.165, 1.54) is 12.3 Å². The van der Waals surface area contributed by atoms with Crippen LogP contribution in [0, 0.1) is 11.6 Å². The Labute approximate surface area is 115 Å². The number of carbonyl (C=O) groups is 1. The molecule has 6 heteroatoms. The van der Waals surface area contributed by atoms with Crippen molar-refractivity contribution in [1.29, 1.82) is 0 Å². The van der Waals surface area contributed by atoms with Gasteiger partial charge >= 0.3 is 0 Å². The number of anilines is 2. The molecule has 1 aromatic heterocycles. The van der Waals surface area contributed by atoms with Crippen LogP contribution >= 0.6 is 0 Å². The van der Waals surface area contributed by atoms with Crippen LogP contribution in [0.4, 0.5) is 20.2 Å². The summed E-state index contributed by atoms with van der Waals surface area (Å²) in [5, 5.41) is 2.42. The molecular weight excluding hydrogens is 264 g/mol. The molecule has 0 saturated carbocycles. The number of nitrogens with zero attached hydrogens (tertiary/aromatic N) is 1. The third kappa shape index (κ3) is 2.90. The van der Waals surface area contributed by atoms with Gasteiger partial charge in [-0.25, -0.2) is 13.8 Å². The maximum absolute atomic E-state index is 13.5. The molecule has 0 unspecified atom stereocenters. The summed E-state index contributed by atoms with van der Waals surface area (Å²) in [6.07, 6.45) is 3.21. The van der Waals surface area contributed by atoms with Gasteiger partial charge in [0.25, 0.3) is 5.91 Å². The number of hydrogen-bond donors (Lipinski definition) is 1. The summed E-state index contributed by atoms with van der Waals surface area (Å²) in [4.78, 5) is 16.7. The van der Waals surface area contributed by atoms with Gasteiger partial charge < -0.3 is 10.2 Å². The number of benzene rings is 1. The molecule has 2 N–H and O–H groups in total. The van der Waals surface area contributed by atoms with Crippen molar-refractivity contribution in [3.63, 3.8) is 0 Å². The highest BCUT2D eigenvalue weighted by Crippen LogP contribution is 2.19. The largest absolute Gasteiger partial charge is 0.377 e. The van der Waals surface area contributed by atoms with Crippen molar-refractivity contribution in [2.75, 3.05) is 24.3 Å². The molecule has 104 valence electrons. The van der Waals surface area contributed by atoms with Gasteiger partial charge in [-0.3, -0.25) is 4.79 Å². The van der Waals surface area contributed by atoms with Crippen molar-refractivity contribution in [3.8, 4) is 0 Å². The first-order valence-electron chi connectivity index (χ1n) is 5.93. The Balaban J connectivity index is 2.29. The highest BCUT2D eigenvalue weighted by atomic mass is 19.1. The number of amides is 1. The Hall–Kier alpha value is -2.50. The van der Waals surface area contributed by atoms with Crippen molar-refractivity contribution in [2.45, 2.75) is 0 Å². The number of aromatic amines is 1. The normalized spacial score (nSPS) is 10.2. The van der Waals surface area contributed by atoms with E-state index in [0.717, 1.165) is 12.1 Å². The van der Waals surface area contributed by atoms with E-state index in [9.17, 15) is 13.6 Å². The molecule has 1 amide bonds. The molecule has 0 fully saturated rings. The first-order chi connectivity index (χ1) is 9.49. The summed E-state index contributed by atoms with van der Waals surface area (Å²) in [6.45, 7) is 0. The molecule has 1 heterocycles. The van der Waals surface area contributed by atoms with Crippen molar-refractivity contribution >= 4 is 17.3 Å². The van der Waals surface area contributed by atoms with Gasteiger partial charge in [0.05, 0.1) is 11.4 Å². The molecule has 0 spiro atoms. The lowest BCUT2D eigenvalue weighted by atomic mass is 10.2. The zero-order valence-electron chi connectivity index (χ0n) is 11.1. The van der Waals surface area contributed by atoms with E-state index in [4.69, 9.17) is 0 Å². The van der Waals surface area contributed by atoms with Crippen molar-refractivity contribution in [2.24, 2.45) is 0 Å². The number of rotatable bonds is 3. The number of H-pyrrole nitrogens is 1. The van der Waals surface area contributed by atoms with E-state index in [1.54, 1.807) is 31.3 Å². The molecule has 0 aliphatic heterocycles. The Morgan fingerprint density at radius 2 is 2.00 bits per heavy atom. The summed E-state index contributed by atoms with van der Waals surface area (Å²) in [7, 11) is 3.59. The lowest BCUT2D eigenvalue weighted by Gasteiger charge is -2.15. The number of halogens is 2. The Morgan fingerprint density at radius 3 is 2.65 bits per heavy atom. The Morgan fingerprint density at radius 1 is 1.25 bits per heavy atom. The SMILES string of the molecule is CN(C)c1cc[nH+]cc1C(=O)Nc1ccc(F)cc1F. The number of hydrogen-bond acceptors (Lipinski definition) is 2. The number of pyridine rings is 1. The van der Waals surface area contributed by atoms with Gasteiger partial charge in [-0.05, 0) is 12.1 Å². The van der Waals surface area contributed by atoms with Crippen LogP contribution in [-0.2, 0) is 0 Å². The van der Waals surface area contributed by atoms with Gasteiger partial charge in [-0.1, -0.05) is 0 Å². The minimum atomic E-state index is -0.815. The molecule has 2 aromatic rings. The fraction of sp³-hybridized carbons (Fsp3) is 0.143. The van der Waals surface area contributed by atoms with E-state index in [2.05, 4.69) is 10.3 Å². The topological polar surface area (TPSA) is 46.5 Å². The van der Waals surface area contributed by atoms with Crippen LogP contribution in [0.2, 0.25) is 0 Å². The monoisotopic (exact) mass is 278 g/mol. The summed E-state index contributed by atoms with van der Waals surface area (Å²) < 4.78 is 26.3. The predicted octanol–water partition coefficient (Wildman–Crippen LogP) is 2.10. The van der Waals surface area contributed by atoms with E-state index in [0.29, 0.717) is 11.3 Å². The standard InChI is InChI=1S/C14H13F2N3O/c1-19(2)13-5-6-17-8-10(13)14(20)18-12-4-3-9(15)7-11(12)16/h3-8H,1-2H3,(H,18,20)/p+1. The number of nitrogens with one attached hydrogen (secondary N) is 2. The zero-order valence-corrected chi connectivity index (χ0v) is 11.1. The average Bonchev–Trinajstić information content (AvgIpc) is 2.41. The van der Waals surface area contributed by atoms with Crippen LogP contribution in [0.3, 0.4) is 0 Å². The summed E-state index contributed by atoms with van der Waals surface area (Å²) in [5.74, 6) is -1.98. The van der Waals surface area contributed by atoms with Gasteiger partial charge in [-0.2, -0.15) is 0 Å². The molecule has 0 saturated heterocycles. The molecular formula is C14H14F2N3O+.